The highest BCUT2D eigenvalue weighted by Gasteiger charge is 2.30. The zero-order valence-corrected chi connectivity index (χ0v) is 9.77. The summed E-state index contributed by atoms with van der Waals surface area (Å²) in [5.41, 5.74) is -0.0884. The number of carbonyl (C=O) groups is 1. The van der Waals surface area contributed by atoms with Crippen LogP contribution in [0.2, 0.25) is 0 Å². The number of aromatic carboxylic acids is 1. The van der Waals surface area contributed by atoms with E-state index in [1.165, 1.54) is 23.0 Å². The van der Waals surface area contributed by atoms with E-state index in [2.05, 4.69) is 5.10 Å². The fourth-order valence-electron chi connectivity index (χ4n) is 1.61. The predicted octanol–water partition coefficient (Wildman–Crippen LogP) is 2.90. The van der Waals surface area contributed by atoms with Crippen molar-refractivity contribution in [1.29, 1.82) is 0 Å². The third-order valence-corrected chi connectivity index (χ3v) is 2.56. The van der Waals surface area contributed by atoms with E-state index in [1.807, 2.05) is 0 Å². The molecule has 1 aromatic heterocycles. The van der Waals surface area contributed by atoms with Gasteiger partial charge in [-0.2, -0.15) is 18.3 Å². The summed E-state index contributed by atoms with van der Waals surface area (Å²) in [6.45, 7) is 1.57. The second-order valence-corrected chi connectivity index (χ2v) is 3.96. The Bertz CT molecular complexity index is 615. The topological polar surface area (TPSA) is 55.1 Å². The summed E-state index contributed by atoms with van der Waals surface area (Å²) in [5, 5.41) is 12.7. The number of nitrogens with zero attached hydrogens (tertiary/aromatic N) is 2. The molecule has 0 aliphatic carbocycles. The number of hydrogen-bond acceptors (Lipinski definition) is 2. The van der Waals surface area contributed by atoms with Gasteiger partial charge in [-0.05, 0) is 31.2 Å². The molecule has 1 aromatic carbocycles. The van der Waals surface area contributed by atoms with Crippen LogP contribution in [0.5, 0.6) is 0 Å². The van der Waals surface area contributed by atoms with Crippen LogP contribution in [0.1, 0.15) is 21.6 Å². The molecule has 0 atom stereocenters. The van der Waals surface area contributed by atoms with Crippen molar-refractivity contribution in [3.8, 4) is 5.69 Å². The highest BCUT2D eigenvalue weighted by molar-refractivity contribution is 5.86. The number of alkyl halides is 3. The second kappa shape index (κ2) is 4.42. The standard InChI is InChI=1S/C12H9F3N2O2/c1-7-6-17(16-10(7)11(18)19)9-4-2-8(3-5-9)12(13,14)15/h2-6H,1H3,(H,18,19). The van der Waals surface area contributed by atoms with Crippen molar-refractivity contribution < 1.29 is 23.1 Å². The quantitative estimate of drug-likeness (QED) is 0.912. The van der Waals surface area contributed by atoms with E-state index in [0.29, 0.717) is 11.3 Å². The molecular formula is C12H9F3N2O2. The molecule has 1 heterocycles. The molecule has 1 N–H and O–H groups in total. The first kappa shape index (κ1) is 13.1. The Hall–Kier alpha value is -2.31. The number of hydrogen-bond donors (Lipinski definition) is 1. The summed E-state index contributed by atoms with van der Waals surface area (Å²) in [6.07, 6.45) is -2.95. The summed E-state index contributed by atoms with van der Waals surface area (Å²) in [6, 6.07) is 4.32. The fourth-order valence-corrected chi connectivity index (χ4v) is 1.61. The average Bonchev–Trinajstić information content (AvgIpc) is 2.70. The maximum absolute atomic E-state index is 12.4. The number of carboxylic acid groups (broad SMARTS) is 1. The molecule has 0 amide bonds. The zero-order valence-electron chi connectivity index (χ0n) is 9.77. The Kier molecular flexibility index (Phi) is 3.05. The van der Waals surface area contributed by atoms with E-state index < -0.39 is 17.7 Å². The van der Waals surface area contributed by atoms with E-state index in [9.17, 15) is 18.0 Å². The number of rotatable bonds is 2. The van der Waals surface area contributed by atoms with Crippen LogP contribution in [0, 0.1) is 6.92 Å². The van der Waals surface area contributed by atoms with Gasteiger partial charge in [0, 0.05) is 11.8 Å². The largest absolute Gasteiger partial charge is 0.476 e. The van der Waals surface area contributed by atoms with Crippen molar-refractivity contribution in [3.63, 3.8) is 0 Å². The van der Waals surface area contributed by atoms with E-state index in [1.54, 1.807) is 6.92 Å². The van der Waals surface area contributed by atoms with Crippen molar-refractivity contribution in [2.24, 2.45) is 0 Å². The van der Waals surface area contributed by atoms with Crippen LogP contribution >= 0.6 is 0 Å². The maximum Gasteiger partial charge on any atom is 0.416 e. The third-order valence-electron chi connectivity index (χ3n) is 2.56. The van der Waals surface area contributed by atoms with Gasteiger partial charge in [0.2, 0.25) is 0 Å². The van der Waals surface area contributed by atoms with Crippen LogP contribution in [-0.2, 0) is 6.18 Å². The number of benzene rings is 1. The molecule has 0 unspecified atom stereocenters. The molecule has 0 fully saturated rings. The first-order chi connectivity index (χ1) is 8.79. The van der Waals surface area contributed by atoms with Crippen molar-refractivity contribution in [2.75, 3.05) is 0 Å². The number of carboxylic acids is 1. The van der Waals surface area contributed by atoms with Crippen LogP contribution in [0.25, 0.3) is 5.69 Å². The lowest BCUT2D eigenvalue weighted by Crippen LogP contribution is -2.05. The summed E-state index contributed by atoms with van der Waals surface area (Å²) < 4.78 is 38.4. The van der Waals surface area contributed by atoms with Crippen LogP contribution in [0.15, 0.2) is 30.5 Å². The molecule has 0 radical (unpaired) electrons. The Labute approximate surface area is 106 Å². The lowest BCUT2D eigenvalue weighted by atomic mass is 10.2. The summed E-state index contributed by atoms with van der Waals surface area (Å²) >= 11 is 0. The lowest BCUT2D eigenvalue weighted by Gasteiger charge is -2.07. The lowest BCUT2D eigenvalue weighted by molar-refractivity contribution is -0.137. The van der Waals surface area contributed by atoms with Gasteiger partial charge in [-0.1, -0.05) is 0 Å². The van der Waals surface area contributed by atoms with Gasteiger partial charge in [0.25, 0.3) is 0 Å². The first-order valence-electron chi connectivity index (χ1n) is 5.26. The second-order valence-electron chi connectivity index (χ2n) is 3.96. The molecule has 4 nitrogen and oxygen atoms in total. The zero-order chi connectivity index (χ0) is 14.2. The summed E-state index contributed by atoms with van der Waals surface area (Å²) in [5.74, 6) is -1.18. The normalized spacial score (nSPS) is 11.6. The minimum Gasteiger partial charge on any atom is -0.476 e. The Morgan fingerprint density at radius 3 is 2.26 bits per heavy atom. The van der Waals surface area contributed by atoms with E-state index in [-0.39, 0.29) is 5.69 Å². The Balaban J connectivity index is 2.38. The van der Waals surface area contributed by atoms with Crippen LogP contribution < -0.4 is 0 Å². The minimum absolute atomic E-state index is 0.125. The van der Waals surface area contributed by atoms with Gasteiger partial charge in [-0.15, -0.1) is 0 Å². The van der Waals surface area contributed by atoms with Gasteiger partial charge in [-0.3, -0.25) is 0 Å². The van der Waals surface area contributed by atoms with Gasteiger partial charge < -0.3 is 5.11 Å². The number of aryl methyl sites for hydroxylation is 1. The molecule has 19 heavy (non-hydrogen) atoms. The Morgan fingerprint density at radius 2 is 1.84 bits per heavy atom. The maximum atomic E-state index is 12.4. The van der Waals surface area contributed by atoms with Crippen LogP contribution in [0.4, 0.5) is 13.2 Å². The molecule has 0 saturated heterocycles. The van der Waals surface area contributed by atoms with Crippen LogP contribution in [0.3, 0.4) is 0 Å². The highest BCUT2D eigenvalue weighted by Crippen LogP contribution is 2.29. The minimum atomic E-state index is -4.40. The highest BCUT2D eigenvalue weighted by atomic mass is 19.4. The van der Waals surface area contributed by atoms with Gasteiger partial charge in [0.1, 0.15) is 0 Å². The molecular weight excluding hydrogens is 261 g/mol. The number of aromatic nitrogens is 2. The van der Waals surface area contributed by atoms with Gasteiger partial charge in [-0.25, -0.2) is 9.48 Å². The summed E-state index contributed by atoms with van der Waals surface area (Å²) in [4.78, 5) is 10.8. The molecule has 0 aliphatic rings. The third kappa shape index (κ3) is 2.59. The monoisotopic (exact) mass is 270 g/mol. The van der Waals surface area contributed by atoms with Crippen molar-refractivity contribution in [2.45, 2.75) is 13.1 Å². The number of halogens is 3. The summed E-state index contributed by atoms with van der Waals surface area (Å²) in [7, 11) is 0. The molecule has 2 rings (SSSR count). The first-order valence-corrected chi connectivity index (χ1v) is 5.26. The van der Waals surface area contributed by atoms with Crippen molar-refractivity contribution in [1.82, 2.24) is 9.78 Å². The van der Waals surface area contributed by atoms with Gasteiger partial charge >= 0.3 is 12.1 Å². The predicted molar refractivity (Wildman–Crippen MR) is 60.3 cm³/mol. The van der Waals surface area contributed by atoms with E-state index in [4.69, 9.17) is 5.11 Å². The van der Waals surface area contributed by atoms with Gasteiger partial charge in [0.05, 0.1) is 11.3 Å². The van der Waals surface area contributed by atoms with Crippen molar-refractivity contribution >= 4 is 5.97 Å². The molecule has 7 heteroatoms. The molecule has 100 valence electrons. The van der Waals surface area contributed by atoms with E-state index >= 15 is 0 Å². The molecule has 0 spiro atoms. The Morgan fingerprint density at radius 1 is 1.26 bits per heavy atom. The van der Waals surface area contributed by atoms with Crippen LogP contribution in [-0.4, -0.2) is 20.9 Å². The van der Waals surface area contributed by atoms with Crippen molar-refractivity contribution in [3.05, 3.63) is 47.3 Å². The smallest absolute Gasteiger partial charge is 0.416 e. The molecule has 0 saturated carbocycles. The fraction of sp³-hybridized carbons (Fsp3) is 0.167. The van der Waals surface area contributed by atoms with Gasteiger partial charge in [0.15, 0.2) is 5.69 Å². The average molecular weight is 270 g/mol. The molecule has 0 aliphatic heterocycles. The molecule has 0 bridgehead atoms. The van der Waals surface area contributed by atoms with E-state index in [0.717, 1.165) is 12.1 Å². The molecule has 2 aromatic rings. The SMILES string of the molecule is Cc1cn(-c2ccc(C(F)(F)F)cc2)nc1C(=O)O.